The molecule has 5 heteroatoms. The van der Waals surface area contributed by atoms with Crippen molar-refractivity contribution in [3.05, 3.63) is 35.5 Å². The molecule has 0 unspecified atom stereocenters. The largest absolute Gasteiger partial charge is 0.465 e. The zero-order valence-electron chi connectivity index (χ0n) is 13.0. The molecule has 0 fully saturated rings. The van der Waals surface area contributed by atoms with Gasteiger partial charge in [0.05, 0.1) is 12.7 Å². The van der Waals surface area contributed by atoms with Gasteiger partial charge in [-0.3, -0.25) is 4.79 Å². The number of esters is 1. The Balaban J connectivity index is 3.29. The normalized spacial score (nSPS) is 12.0. The zero-order valence-corrected chi connectivity index (χ0v) is 13.9. The molecule has 0 bridgehead atoms. The first-order valence-corrected chi connectivity index (χ1v) is 7.01. The van der Waals surface area contributed by atoms with Crippen LogP contribution in [0.4, 0.5) is 0 Å². The van der Waals surface area contributed by atoms with Crippen molar-refractivity contribution in [3.8, 4) is 0 Å². The fraction of sp³-hybridized carbons (Fsp3) is 0.375. The van der Waals surface area contributed by atoms with Crippen LogP contribution in [0.1, 0.15) is 38.8 Å². The average molecular weight is 307 g/mol. The van der Waals surface area contributed by atoms with Crippen LogP contribution in [-0.4, -0.2) is 19.0 Å². The summed E-state index contributed by atoms with van der Waals surface area (Å²) >= 11 is 4.46. The molecule has 0 aliphatic carbocycles. The number of carbonyl (C=O) groups is 2. The third-order valence-corrected chi connectivity index (χ3v) is 3.35. The van der Waals surface area contributed by atoms with Gasteiger partial charge >= 0.3 is 5.97 Å². The number of carbonyl (C=O) groups excluding carboxylic acids is 2. The van der Waals surface area contributed by atoms with Gasteiger partial charge in [0.15, 0.2) is 0 Å². The van der Waals surface area contributed by atoms with Crippen molar-refractivity contribution < 1.29 is 14.3 Å². The van der Waals surface area contributed by atoms with E-state index < -0.39 is 5.97 Å². The first kappa shape index (κ1) is 17.3. The molecule has 4 nitrogen and oxygen atoms in total. The van der Waals surface area contributed by atoms with Gasteiger partial charge in [-0.15, -0.1) is 12.6 Å². The molecule has 1 N–H and O–H groups in total. The predicted octanol–water partition coefficient (Wildman–Crippen LogP) is 2.92. The highest BCUT2D eigenvalue weighted by molar-refractivity contribution is 7.80. The molecule has 1 amide bonds. The van der Waals surface area contributed by atoms with Gasteiger partial charge in [-0.2, -0.15) is 0 Å². The number of hydrogen-bond donors (Lipinski definition) is 2. The summed E-state index contributed by atoms with van der Waals surface area (Å²) in [4.78, 5) is 23.6. The van der Waals surface area contributed by atoms with Crippen molar-refractivity contribution in [3.63, 3.8) is 0 Å². The maximum atomic E-state index is 11.9. The SMILES string of the molecule is COC(=O)/C(=C\NC(C)=O)c1ccc(C(C)(C)C)cc1S. The quantitative estimate of drug-likeness (QED) is 0.513. The fourth-order valence-corrected chi connectivity index (χ4v) is 2.09. The summed E-state index contributed by atoms with van der Waals surface area (Å²) in [7, 11) is 1.30. The molecule has 0 radical (unpaired) electrons. The van der Waals surface area contributed by atoms with Crippen LogP contribution in [0.25, 0.3) is 5.57 Å². The van der Waals surface area contributed by atoms with E-state index in [-0.39, 0.29) is 16.9 Å². The van der Waals surface area contributed by atoms with Crippen molar-refractivity contribution in [1.29, 1.82) is 0 Å². The topological polar surface area (TPSA) is 55.4 Å². The van der Waals surface area contributed by atoms with Crippen LogP contribution in [0.5, 0.6) is 0 Å². The summed E-state index contributed by atoms with van der Waals surface area (Å²) in [6.07, 6.45) is 1.35. The number of amides is 1. The van der Waals surface area contributed by atoms with Crippen LogP contribution in [0, 0.1) is 0 Å². The smallest absolute Gasteiger partial charge is 0.339 e. The molecule has 1 aromatic carbocycles. The number of hydrogen-bond acceptors (Lipinski definition) is 4. The van der Waals surface area contributed by atoms with Gasteiger partial charge in [0.25, 0.3) is 0 Å². The first-order valence-electron chi connectivity index (χ1n) is 6.56. The Morgan fingerprint density at radius 3 is 2.33 bits per heavy atom. The van der Waals surface area contributed by atoms with E-state index in [0.717, 1.165) is 5.56 Å². The van der Waals surface area contributed by atoms with E-state index in [9.17, 15) is 9.59 Å². The number of methoxy groups -OCH3 is 1. The number of ether oxygens (including phenoxy) is 1. The van der Waals surface area contributed by atoms with Gasteiger partial charge in [0, 0.05) is 23.6 Å². The van der Waals surface area contributed by atoms with Crippen molar-refractivity contribution in [2.24, 2.45) is 0 Å². The maximum absolute atomic E-state index is 11.9. The van der Waals surface area contributed by atoms with Crippen LogP contribution in [0.15, 0.2) is 29.3 Å². The Morgan fingerprint density at radius 1 is 1.29 bits per heavy atom. The molecule has 114 valence electrons. The van der Waals surface area contributed by atoms with Crippen molar-refractivity contribution >= 4 is 30.1 Å². The van der Waals surface area contributed by atoms with Crippen LogP contribution < -0.4 is 5.32 Å². The van der Waals surface area contributed by atoms with Gasteiger partial charge in [0.1, 0.15) is 0 Å². The highest BCUT2D eigenvalue weighted by Gasteiger charge is 2.19. The standard InChI is InChI=1S/C16H21NO3S/c1-10(18)17-9-13(15(19)20-5)12-7-6-11(8-14(12)21)16(2,3)4/h6-9,21H,1-5H3,(H,17,18)/b13-9-. The molecule has 0 saturated carbocycles. The Bertz CT molecular complexity index is 586. The lowest BCUT2D eigenvalue weighted by molar-refractivity contribution is -0.133. The minimum absolute atomic E-state index is 0.0111. The van der Waals surface area contributed by atoms with Crippen molar-refractivity contribution in [2.45, 2.75) is 38.0 Å². The lowest BCUT2D eigenvalue weighted by Crippen LogP contribution is -2.16. The summed E-state index contributed by atoms with van der Waals surface area (Å²) in [5.74, 6) is -0.786. The highest BCUT2D eigenvalue weighted by Crippen LogP contribution is 2.29. The van der Waals surface area contributed by atoms with E-state index in [1.54, 1.807) is 0 Å². The molecule has 0 aromatic heterocycles. The first-order chi connectivity index (χ1) is 9.66. The average Bonchev–Trinajstić information content (AvgIpc) is 2.38. The maximum Gasteiger partial charge on any atom is 0.339 e. The monoisotopic (exact) mass is 307 g/mol. The lowest BCUT2D eigenvalue weighted by atomic mass is 9.86. The lowest BCUT2D eigenvalue weighted by Gasteiger charge is -2.20. The summed E-state index contributed by atoms with van der Waals surface area (Å²) in [6, 6.07) is 5.68. The second kappa shape index (κ2) is 6.80. The highest BCUT2D eigenvalue weighted by atomic mass is 32.1. The third-order valence-electron chi connectivity index (χ3n) is 2.98. The van der Waals surface area contributed by atoms with Gasteiger partial charge in [0.2, 0.25) is 5.91 Å². The van der Waals surface area contributed by atoms with Crippen LogP contribution in [0.2, 0.25) is 0 Å². The molecule has 0 spiro atoms. The third kappa shape index (κ3) is 4.63. The molecular weight excluding hydrogens is 286 g/mol. The number of thiol groups is 1. The van der Waals surface area contributed by atoms with E-state index in [2.05, 4.69) is 38.7 Å². The summed E-state index contributed by atoms with van der Waals surface area (Å²) < 4.78 is 4.76. The molecule has 0 heterocycles. The van der Waals surface area contributed by atoms with Crippen molar-refractivity contribution in [2.75, 3.05) is 7.11 Å². The fourth-order valence-electron chi connectivity index (χ4n) is 1.76. The summed E-state index contributed by atoms with van der Waals surface area (Å²) in [5, 5.41) is 2.50. The van der Waals surface area contributed by atoms with E-state index >= 15 is 0 Å². The summed E-state index contributed by atoms with van der Waals surface area (Å²) in [6.45, 7) is 7.67. The van der Waals surface area contributed by atoms with E-state index in [1.807, 2.05) is 18.2 Å². The Hall–Kier alpha value is -1.75. The second-order valence-corrected chi connectivity index (χ2v) is 6.21. The van der Waals surface area contributed by atoms with E-state index in [4.69, 9.17) is 4.74 Å². The van der Waals surface area contributed by atoms with E-state index in [1.165, 1.54) is 20.2 Å². The summed E-state index contributed by atoms with van der Waals surface area (Å²) in [5.41, 5.74) is 1.98. The molecule has 1 rings (SSSR count). The molecule has 0 aliphatic rings. The molecule has 0 saturated heterocycles. The number of nitrogens with one attached hydrogen (secondary N) is 1. The van der Waals surface area contributed by atoms with Gasteiger partial charge in [-0.1, -0.05) is 32.9 Å². The van der Waals surface area contributed by atoms with E-state index in [0.29, 0.717) is 10.5 Å². The Labute approximate surface area is 131 Å². The Morgan fingerprint density at radius 2 is 1.90 bits per heavy atom. The second-order valence-electron chi connectivity index (χ2n) is 5.73. The van der Waals surface area contributed by atoms with Gasteiger partial charge < -0.3 is 10.1 Å². The number of benzene rings is 1. The minimum atomic E-state index is -0.525. The molecular formula is C16H21NO3S. The molecule has 21 heavy (non-hydrogen) atoms. The molecule has 0 atom stereocenters. The van der Waals surface area contributed by atoms with Crippen molar-refractivity contribution in [1.82, 2.24) is 5.32 Å². The number of rotatable bonds is 3. The molecule has 1 aromatic rings. The zero-order chi connectivity index (χ0) is 16.2. The molecule has 0 aliphatic heterocycles. The van der Waals surface area contributed by atoms with Crippen LogP contribution >= 0.6 is 12.6 Å². The Kier molecular flexibility index (Phi) is 5.61. The predicted molar refractivity (Wildman–Crippen MR) is 86.2 cm³/mol. The van der Waals surface area contributed by atoms with Crippen LogP contribution in [-0.2, 0) is 19.7 Å². The minimum Gasteiger partial charge on any atom is -0.465 e. The van der Waals surface area contributed by atoms with Gasteiger partial charge in [-0.05, 0) is 17.0 Å². The van der Waals surface area contributed by atoms with Gasteiger partial charge in [-0.25, -0.2) is 4.79 Å². The van der Waals surface area contributed by atoms with Crippen LogP contribution in [0.3, 0.4) is 0 Å².